The Morgan fingerprint density at radius 1 is 1.43 bits per heavy atom. The molecule has 0 bridgehead atoms. The van der Waals surface area contributed by atoms with Crippen molar-refractivity contribution >= 4 is 0 Å². The van der Waals surface area contributed by atoms with Gasteiger partial charge in [0.15, 0.2) is 0 Å². The van der Waals surface area contributed by atoms with Gasteiger partial charge in [-0.2, -0.15) is 0 Å². The van der Waals surface area contributed by atoms with Gasteiger partial charge in [0.25, 0.3) is 0 Å². The summed E-state index contributed by atoms with van der Waals surface area (Å²) < 4.78 is 0. The first-order chi connectivity index (χ1) is 6.39. The van der Waals surface area contributed by atoms with Gasteiger partial charge < -0.3 is 10.2 Å². The summed E-state index contributed by atoms with van der Waals surface area (Å²) >= 11 is 0. The van der Waals surface area contributed by atoms with Crippen molar-refractivity contribution in [2.45, 2.75) is 46.1 Å². The number of hydrogen-bond acceptors (Lipinski definition) is 2. The van der Waals surface area contributed by atoms with E-state index >= 15 is 0 Å². The Labute approximate surface area is 88.0 Å². The van der Waals surface area contributed by atoms with Gasteiger partial charge in [-0.1, -0.05) is 17.7 Å². The summed E-state index contributed by atoms with van der Waals surface area (Å²) in [5.41, 5.74) is 0.594. The van der Waals surface area contributed by atoms with Gasteiger partial charge in [-0.3, -0.25) is 0 Å². The van der Waals surface area contributed by atoms with Crippen LogP contribution in [0.5, 0.6) is 0 Å². The standard InChI is InChI=1S/C10H18O.C2H6O/c1-5-10(4,11)8-6-7-9(2)3;1-2-3/h5,7,11H,1,6,8H2,2-4H3;3H,2H2,1H3. The molecule has 0 rings (SSSR count). The smallest absolute Gasteiger partial charge is 0.0800 e. The van der Waals surface area contributed by atoms with Crippen molar-refractivity contribution in [3.8, 4) is 0 Å². The van der Waals surface area contributed by atoms with E-state index < -0.39 is 5.60 Å². The Balaban J connectivity index is 0. The third-order valence-electron chi connectivity index (χ3n) is 1.64. The summed E-state index contributed by atoms with van der Waals surface area (Å²) in [7, 11) is 0. The van der Waals surface area contributed by atoms with E-state index in [9.17, 15) is 5.11 Å². The van der Waals surface area contributed by atoms with Crippen molar-refractivity contribution in [1.29, 1.82) is 0 Å². The zero-order valence-electron chi connectivity index (χ0n) is 9.88. The van der Waals surface area contributed by atoms with E-state index in [0.717, 1.165) is 12.8 Å². The number of hydrogen-bond donors (Lipinski definition) is 2. The van der Waals surface area contributed by atoms with Crippen LogP contribution in [0, 0.1) is 0 Å². The Morgan fingerprint density at radius 2 is 1.86 bits per heavy atom. The number of aliphatic hydroxyl groups is 2. The molecule has 0 aromatic heterocycles. The van der Waals surface area contributed by atoms with E-state index in [1.54, 1.807) is 19.9 Å². The van der Waals surface area contributed by atoms with Crippen molar-refractivity contribution in [2.75, 3.05) is 6.61 Å². The fourth-order valence-electron chi connectivity index (χ4n) is 0.755. The van der Waals surface area contributed by atoms with Crippen molar-refractivity contribution in [3.05, 3.63) is 24.3 Å². The van der Waals surface area contributed by atoms with Gasteiger partial charge in [-0.15, -0.1) is 6.58 Å². The maximum absolute atomic E-state index is 9.49. The van der Waals surface area contributed by atoms with E-state index in [1.807, 2.05) is 0 Å². The lowest BCUT2D eigenvalue weighted by Crippen LogP contribution is -2.19. The third kappa shape index (κ3) is 14.0. The Kier molecular flexibility index (Phi) is 10.2. The van der Waals surface area contributed by atoms with E-state index in [2.05, 4.69) is 26.5 Å². The van der Waals surface area contributed by atoms with E-state index in [-0.39, 0.29) is 6.61 Å². The van der Waals surface area contributed by atoms with Gasteiger partial charge in [0.1, 0.15) is 0 Å². The second-order valence-electron chi connectivity index (χ2n) is 3.70. The summed E-state index contributed by atoms with van der Waals surface area (Å²) in [4.78, 5) is 0. The summed E-state index contributed by atoms with van der Waals surface area (Å²) in [6, 6.07) is 0. The first-order valence-corrected chi connectivity index (χ1v) is 4.99. The highest BCUT2D eigenvalue weighted by atomic mass is 16.3. The minimum absolute atomic E-state index is 0.250. The molecule has 2 heteroatoms. The molecule has 1 atom stereocenters. The molecule has 0 amide bonds. The van der Waals surface area contributed by atoms with Crippen molar-refractivity contribution in [1.82, 2.24) is 0 Å². The van der Waals surface area contributed by atoms with Gasteiger partial charge in [0.2, 0.25) is 0 Å². The molecule has 0 saturated carbocycles. The largest absolute Gasteiger partial charge is 0.397 e. The Morgan fingerprint density at radius 3 is 2.14 bits per heavy atom. The van der Waals surface area contributed by atoms with Crippen LogP contribution in [0.15, 0.2) is 24.3 Å². The molecular formula is C12H24O2. The highest BCUT2D eigenvalue weighted by Crippen LogP contribution is 2.13. The summed E-state index contributed by atoms with van der Waals surface area (Å²) in [6.45, 7) is 11.4. The van der Waals surface area contributed by atoms with Gasteiger partial charge in [0.05, 0.1) is 5.60 Å². The lowest BCUT2D eigenvalue weighted by Gasteiger charge is -2.16. The van der Waals surface area contributed by atoms with Gasteiger partial charge in [-0.25, -0.2) is 0 Å². The van der Waals surface area contributed by atoms with Crippen LogP contribution in [-0.4, -0.2) is 22.4 Å². The molecule has 0 radical (unpaired) electrons. The maximum Gasteiger partial charge on any atom is 0.0800 e. The first-order valence-electron chi connectivity index (χ1n) is 4.99. The molecule has 0 aliphatic heterocycles. The summed E-state index contributed by atoms with van der Waals surface area (Å²) in [5, 5.41) is 17.1. The van der Waals surface area contributed by atoms with Crippen LogP contribution in [0.3, 0.4) is 0 Å². The quantitative estimate of drug-likeness (QED) is 0.685. The zero-order valence-corrected chi connectivity index (χ0v) is 9.88. The molecule has 0 aromatic carbocycles. The lowest BCUT2D eigenvalue weighted by molar-refractivity contribution is 0.103. The molecule has 0 spiro atoms. The van der Waals surface area contributed by atoms with Crippen LogP contribution in [0.2, 0.25) is 0 Å². The number of aliphatic hydroxyl groups excluding tert-OH is 1. The highest BCUT2D eigenvalue weighted by molar-refractivity contribution is 4.97. The van der Waals surface area contributed by atoms with Gasteiger partial charge >= 0.3 is 0 Å². The molecule has 0 aliphatic carbocycles. The Bertz CT molecular complexity index is 165. The summed E-state index contributed by atoms with van der Waals surface area (Å²) in [5.74, 6) is 0. The second-order valence-corrected chi connectivity index (χ2v) is 3.70. The maximum atomic E-state index is 9.49. The van der Waals surface area contributed by atoms with Crippen LogP contribution in [0.1, 0.15) is 40.5 Å². The van der Waals surface area contributed by atoms with Crippen LogP contribution in [0.4, 0.5) is 0 Å². The van der Waals surface area contributed by atoms with E-state index in [1.165, 1.54) is 5.57 Å². The first kappa shape index (κ1) is 15.9. The molecule has 0 saturated heterocycles. The predicted molar refractivity (Wildman–Crippen MR) is 62.2 cm³/mol. The van der Waals surface area contributed by atoms with E-state index in [4.69, 9.17) is 5.11 Å². The average Bonchev–Trinajstić information content (AvgIpc) is 2.05. The molecule has 84 valence electrons. The number of rotatable bonds is 4. The molecule has 0 heterocycles. The average molecular weight is 200 g/mol. The van der Waals surface area contributed by atoms with Crippen LogP contribution >= 0.6 is 0 Å². The second kappa shape index (κ2) is 8.97. The normalized spacial score (nSPS) is 13.3. The summed E-state index contributed by atoms with van der Waals surface area (Å²) in [6.07, 6.45) is 5.38. The predicted octanol–water partition coefficient (Wildman–Crippen LogP) is 2.67. The lowest BCUT2D eigenvalue weighted by atomic mass is 10.00. The SMILES string of the molecule is C=CC(C)(O)CCC=C(C)C.CCO. The molecule has 0 fully saturated rings. The van der Waals surface area contributed by atoms with Crippen LogP contribution in [0.25, 0.3) is 0 Å². The minimum atomic E-state index is -0.702. The van der Waals surface area contributed by atoms with Crippen molar-refractivity contribution in [2.24, 2.45) is 0 Å². The van der Waals surface area contributed by atoms with Crippen molar-refractivity contribution in [3.63, 3.8) is 0 Å². The molecule has 0 aliphatic rings. The molecular weight excluding hydrogens is 176 g/mol. The van der Waals surface area contributed by atoms with E-state index in [0.29, 0.717) is 0 Å². The molecule has 14 heavy (non-hydrogen) atoms. The molecule has 0 aromatic rings. The molecule has 2 N–H and O–H groups in total. The molecule has 1 unspecified atom stereocenters. The van der Waals surface area contributed by atoms with Gasteiger partial charge in [-0.05, 0) is 40.5 Å². The molecule has 2 nitrogen and oxygen atoms in total. The fraction of sp³-hybridized carbons (Fsp3) is 0.667. The van der Waals surface area contributed by atoms with Crippen LogP contribution < -0.4 is 0 Å². The third-order valence-corrected chi connectivity index (χ3v) is 1.64. The minimum Gasteiger partial charge on any atom is -0.397 e. The topological polar surface area (TPSA) is 40.5 Å². The van der Waals surface area contributed by atoms with Gasteiger partial charge in [0, 0.05) is 6.61 Å². The zero-order chi connectivity index (χ0) is 11.6. The number of allylic oxidation sites excluding steroid dienone is 2. The van der Waals surface area contributed by atoms with Crippen molar-refractivity contribution < 1.29 is 10.2 Å². The highest BCUT2D eigenvalue weighted by Gasteiger charge is 2.12. The monoisotopic (exact) mass is 200 g/mol. The fourth-order valence-corrected chi connectivity index (χ4v) is 0.755. The Hall–Kier alpha value is -0.600. The van der Waals surface area contributed by atoms with Crippen LogP contribution in [-0.2, 0) is 0 Å².